The Balaban J connectivity index is 1.20. The maximum atomic E-state index is 6.87. The molecule has 0 spiro atoms. The van der Waals surface area contributed by atoms with Crippen LogP contribution in [0.15, 0.2) is 217 Å². The van der Waals surface area contributed by atoms with Gasteiger partial charge in [0.05, 0.1) is 11.4 Å². The molecule has 1 aromatic heterocycles. The predicted molar refractivity (Wildman–Crippen MR) is 237 cm³/mol. The first-order chi connectivity index (χ1) is 27.8. The van der Waals surface area contributed by atoms with Crippen molar-refractivity contribution in [3.63, 3.8) is 0 Å². The van der Waals surface area contributed by atoms with Crippen LogP contribution in [0.5, 0.6) is 0 Å². The van der Waals surface area contributed by atoms with Crippen molar-refractivity contribution in [2.45, 2.75) is 0 Å². The monoisotopic (exact) mass is 713 g/mol. The molecule has 0 bridgehead atoms. The third-order valence-electron chi connectivity index (χ3n) is 11.2. The highest BCUT2D eigenvalue weighted by molar-refractivity contribution is 6.23. The topological polar surface area (TPSA) is 16.4 Å². The largest absolute Gasteiger partial charge is 0.455 e. The molecule has 10 aromatic carbocycles. The van der Waals surface area contributed by atoms with Crippen LogP contribution in [0.4, 0.5) is 17.1 Å². The fourth-order valence-electron chi connectivity index (χ4n) is 8.61. The summed E-state index contributed by atoms with van der Waals surface area (Å²) < 4.78 is 6.87. The number of benzene rings is 10. The van der Waals surface area contributed by atoms with Crippen LogP contribution in [0, 0.1) is 0 Å². The molecule has 11 aromatic rings. The number of para-hydroxylation sites is 1. The van der Waals surface area contributed by atoms with E-state index in [1.165, 1.54) is 38.2 Å². The summed E-state index contributed by atoms with van der Waals surface area (Å²) in [5.74, 6) is 0. The Morgan fingerprint density at radius 2 is 0.929 bits per heavy atom. The molecule has 0 unspecified atom stereocenters. The smallest absolute Gasteiger partial charge is 0.143 e. The highest BCUT2D eigenvalue weighted by Gasteiger charge is 2.24. The molecule has 0 saturated carbocycles. The third kappa shape index (κ3) is 5.26. The average Bonchev–Trinajstić information content (AvgIpc) is 3.66. The molecule has 1 heterocycles. The molecule has 2 nitrogen and oxygen atoms in total. The van der Waals surface area contributed by atoms with Crippen LogP contribution in [0.25, 0.3) is 87.6 Å². The van der Waals surface area contributed by atoms with Gasteiger partial charge in [-0.25, -0.2) is 0 Å². The van der Waals surface area contributed by atoms with Gasteiger partial charge in [0.15, 0.2) is 0 Å². The van der Waals surface area contributed by atoms with Crippen molar-refractivity contribution in [2.24, 2.45) is 0 Å². The number of furan rings is 1. The van der Waals surface area contributed by atoms with Gasteiger partial charge in [-0.3, -0.25) is 0 Å². The Labute approximate surface area is 325 Å². The fraction of sp³-hybridized carbons (Fsp3) is 0. The number of nitrogens with zero attached hydrogens (tertiary/aromatic N) is 1. The van der Waals surface area contributed by atoms with Crippen molar-refractivity contribution in [2.75, 3.05) is 4.90 Å². The summed E-state index contributed by atoms with van der Waals surface area (Å²) in [7, 11) is 0. The number of anilines is 3. The lowest BCUT2D eigenvalue weighted by atomic mass is 9.93. The Morgan fingerprint density at radius 3 is 1.79 bits per heavy atom. The van der Waals surface area contributed by atoms with Crippen LogP contribution in [0.3, 0.4) is 0 Å². The molecule has 0 amide bonds. The van der Waals surface area contributed by atoms with E-state index in [0.717, 1.165) is 66.5 Å². The number of rotatable bonds is 6. The van der Waals surface area contributed by atoms with E-state index in [4.69, 9.17) is 4.42 Å². The molecule has 0 aliphatic carbocycles. The molecule has 11 rings (SSSR count). The highest BCUT2D eigenvalue weighted by atomic mass is 16.3. The quantitative estimate of drug-likeness (QED) is 0.171. The summed E-state index contributed by atoms with van der Waals surface area (Å²) in [5, 5.41) is 9.25. The first-order valence-electron chi connectivity index (χ1n) is 19.2. The minimum absolute atomic E-state index is 0.879. The molecule has 0 fully saturated rings. The lowest BCUT2D eigenvalue weighted by Crippen LogP contribution is -2.12. The van der Waals surface area contributed by atoms with Crippen LogP contribution in [0.2, 0.25) is 0 Å². The summed E-state index contributed by atoms with van der Waals surface area (Å²) in [6.07, 6.45) is 0. The van der Waals surface area contributed by atoms with Gasteiger partial charge in [-0.15, -0.1) is 0 Å². The van der Waals surface area contributed by atoms with E-state index in [-0.39, 0.29) is 0 Å². The molecule has 0 aliphatic heterocycles. The van der Waals surface area contributed by atoms with Crippen LogP contribution in [-0.4, -0.2) is 0 Å². The zero-order valence-electron chi connectivity index (χ0n) is 30.6. The third-order valence-corrected chi connectivity index (χ3v) is 11.2. The van der Waals surface area contributed by atoms with Gasteiger partial charge >= 0.3 is 0 Å². The molecule has 0 atom stereocenters. The van der Waals surface area contributed by atoms with Crippen molar-refractivity contribution in [3.8, 4) is 33.4 Å². The van der Waals surface area contributed by atoms with Gasteiger partial charge in [0, 0.05) is 32.8 Å². The number of hydrogen-bond acceptors (Lipinski definition) is 2. The van der Waals surface area contributed by atoms with Crippen molar-refractivity contribution in [3.05, 3.63) is 212 Å². The van der Waals surface area contributed by atoms with Crippen LogP contribution < -0.4 is 4.90 Å². The summed E-state index contributed by atoms with van der Waals surface area (Å²) in [6, 6.07) is 76.5. The zero-order valence-corrected chi connectivity index (χ0v) is 30.6. The number of fused-ring (bicyclic) bond motifs is 7. The Bertz CT molecular complexity index is 3240. The lowest BCUT2D eigenvalue weighted by Gasteiger charge is -2.29. The summed E-state index contributed by atoms with van der Waals surface area (Å²) >= 11 is 0. The average molecular weight is 714 g/mol. The van der Waals surface area contributed by atoms with E-state index in [1.54, 1.807) is 0 Å². The second kappa shape index (κ2) is 13.2. The molecule has 0 saturated heterocycles. The normalized spacial score (nSPS) is 11.6. The first kappa shape index (κ1) is 32.0. The van der Waals surface area contributed by atoms with E-state index in [1.807, 2.05) is 0 Å². The molecule has 56 heavy (non-hydrogen) atoms. The Morgan fingerprint density at radius 1 is 0.321 bits per heavy atom. The second-order valence-corrected chi connectivity index (χ2v) is 14.5. The van der Waals surface area contributed by atoms with Gasteiger partial charge in [-0.1, -0.05) is 182 Å². The van der Waals surface area contributed by atoms with Gasteiger partial charge in [-0.2, -0.15) is 0 Å². The predicted octanol–water partition coefficient (Wildman–Crippen LogP) is 15.5. The molecular weight excluding hydrogens is 679 g/mol. The SMILES string of the molecule is c1ccc(-c2ccc(-c3ccccc3N(c3ccc4ccccc4c3)c3cc4c(oc5cccc(-c6cccc7ccccc67)c54)c4ccccc34)cc2)cc1. The van der Waals surface area contributed by atoms with Crippen molar-refractivity contribution < 1.29 is 4.42 Å². The number of hydrogen-bond donors (Lipinski definition) is 0. The maximum absolute atomic E-state index is 6.87. The standard InChI is InChI=1S/C54H35NO/c1-2-14-36(15-3-1)38-28-30-40(31-29-38)44-21-10-11-26-50(44)55(42-33-32-37-16-4-5-18-41(37)34-42)51-35-49-53-47(45-24-12-19-39-17-6-7-20-43(39)45)25-13-27-52(53)56-54(49)48-23-9-8-22-46(48)51/h1-35H. The van der Waals surface area contributed by atoms with Gasteiger partial charge in [0.2, 0.25) is 0 Å². The van der Waals surface area contributed by atoms with E-state index in [0.29, 0.717) is 0 Å². The molecule has 0 radical (unpaired) electrons. The molecule has 0 N–H and O–H groups in total. The van der Waals surface area contributed by atoms with E-state index in [2.05, 4.69) is 217 Å². The molecule has 0 aliphatic rings. The fourth-order valence-corrected chi connectivity index (χ4v) is 8.61. The molecular formula is C54H35NO. The van der Waals surface area contributed by atoms with Gasteiger partial charge in [-0.05, 0) is 79.7 Å². The van der Waals surface area contributed by atoms with Crippen molar-refractivity contribution in [1.82, 2.24) is 0 Å². The van der Waals surface area contributed by atoms with Crippen LogP contribution >= 0.6 is 0 Å². The van der Waals surface area contributed by atoms with Gasteiger partial charge in [0.1, 0.15) is 11.2 Å². The highest BCUT2D eigenvalue weighted by Crippen LogP contribution is 2.49. The van der Waals surface area contributed by atoms with Gasteiger partial charge in [0.25, 0.3) is 0 Å². The Hall–Kier alpha value is -7.42. The lowest BCUT2D eigenvalue weighted by molar-refractivity contribution is 0.673. The van der Waals surface area contributed by atoms with Crippen molar-refractivity contribution >= 4 is 71.3 Å². The second-order valence-electron chi connectivity index (χ2n) is 14.5. The van der Waals surface area contributed by atoms with Crippen molar-refractivity contribution in [1.29, 1.82) is 0 Å². The maximum Gasteiger partial charge on any atom is 0.143 e. The van der Waals surface area contributed by atoms with E-state index in [9.17, 15) is 0 Å². The molecule has 2 heteroatoms. The summed E-state index contributed by atoms with van der Waals surface area (Å²) in [5.41, 5.74) is 12.1. The minimum atomic E-state index is 0.879. The minimum Gasteiger partial charge on any atom is -0.455 e. The van der Waals surface area contributed by atoms with Crippen LogP contribution in [0.1, 0.15) is 0 Å². The summed E-state index contributed by atoms with van der Waals surface area (Å²) in [4.78, 5) is 2.45. The Kier molecular flexibility index (Phi) is 7.53. The molecule has 262 valence electrons. The zero-order chi connectivity index (χ0) is 37.0. The van der Waals surface area contributed by atoms with Gasteiger partial charge < -0.3 is 9.32 Å². The first-order valence-corrected chi connectivity index (χ1v) is 19.2. The van der Waals surface area contributed by atoms with E-state index >= 15 is 0 Å². The van der Waals surface area contributed by atoms with Crippen LogP contribution in [-0.2, 0) is 0 Å². The van der Waals surface area contributed by atoms with E-state index < -0.39 is 0 Å². The summed E-state index contributed by atoms with van der Waals surface area (Å²) in [6.45, 7) is 0.